The van der Waals surface area contributed by atoms with Crippen LogP contribution < -0.4 is 16.4 Å². The molecular weight excluding hydrogens is 559 g/mol. The van der Waals surface area contributed by atoms with Crippen LogP contribution in [0.25, 0.3) is 0 Å². The van der Waals surface area contributed by atoms with E-state index >= 15 is 0 Å². The second-order valence-corrected chi connectivity index (χ2v) is 10.5. The van der Waals surface area contributed by atoms with E-state index in [9.17, 15) is 14.0 Å². The Morgan fingerprint density at radius 2 is 1.46 bits per heavy atom. The van der Waals surface area contributed by atoms with Crippen molar-refractivity contribution in [3.63, 3.8) is 0 Å². The number of hydrogen-bond donors (Lipinski definition) is 3. The van der Waals surface area contributed by atoms with Crippen molar-refractivity contribution in [2.45, 2.75) is 34.1 Å². The van der Waals surface area contributed by atoms with Crippen molar-refractivity contribution in [1.82, 2.24) is 4.90 Å². The van der Waals surface area contributed by atoms with Crippen molar-refractivity contribution in [3.05, 3.63) is 105 Å². The van der Waals surface area contributed by atoms with Crippen molar-refractivity contribution < 1.29 is 14.0 Å². The summed E-state index contributed by atoms with van der Waals surface area (Å²) in [5.74, 6) is -1.39. The van der Waals surface area contributed by atoms with Gasteiger partial charge in [0, 0.05) is 5.56 Å². The Bertz CT molecular complexity index is 1460. The lowest BCUT2D eigenvalue weighted by atomic mass is 10.0. The van der Waals surface area contributed by atoms with Crippen LogP contribution in [0.4, 0.5) is 26.5 Å². The second kappa shape index (κ2) is 15.3. The van der Waals surface area contributed by atoms with Gasteiger partial charge in [-0.05, 0) is 55.9 Å². The summed E-state index contributed by atoms with van der Waals surface area (Å²) < 4.78 is 14.3. The van der Waals surface area contributed by atoms with Crippen molar-refractivity contribution in [2.24, 2.45) is 0 Å². The third-order valence-electron chi connectivity index (χ3n) is 6.59. The highest BCUT2D eigenvalue weighted by molar-refractivity contribution is 7.19. The van der Waals surface area contributed by atoms with Gasteiger partial charge in [-0.15, -0.1) is 11.3 Å². The minimum absolute atomic E-state index is 0.0120. The third-order valence-corrected chi connectivity index (χ3v) is 8.04. The van der Waals surface area contributed by atoms with Crippen LogP contribution in [0.15, 0.2) is 72.8 Å². The number of amides is 1. The molecular formula is C32H36ClFN4O2S. The van der Waals surface area contributed by atoms with E-state index in [0.29, 0.717) is 16.3 Å². The number of halogens is 2. The molecule has 0 radical (unpaired) electrons. The highest BCUT2D eigenvalue weighted by Crippen LogP contribution is 2.40. The van der Waals surface area contributed by atoms with Crippen molar-refractivity contribution in [1.29, 1.82) is 0 Å². The zero-order chi connectivity index (χ0) is 29.9. The first-order chi connectivity index (χ1) is 19.7. The number of ketones is 1. The number of rotatable bonds is 10. The summed E-state index contributed by atoms with van der Waals surface area (Å²) in [5.41, 5.74) is 8.48. The molecule has 4 N–H and O–H groups in total. The number of carbonyl (C=O) groups excluding carboxylic acids is 2. The van der Waals surface area contributed by atoms with E-state index in [-0.39, 0.29) is 32.6 Å². The summed E-state index contributed by atoms with van der Waals surface area (Å²) in [6, 6.07) is 20.0. The molecule has 0 unspecified atom stereocenters. The summed E-state index contributed by atoms with van der Waals surface area (Å²) in [5, 5.41) is 6.25. The molecule has 0 aliphatic rings. The van der Waals surface area contributed by atoms with Crippen LogP contribution in [0.2, 0.25) is 5.02 Å². The molecule has 0 aliphatic heterocycles. The van der Waals surface area contributed by atoms with Crippen LogP contribution in [0.5, 0.6) is 0 Å². The normalized spacial score (nSPS) is 10.6. The zero-order valence-electron chi connectivity index (χ0n) is 23.8. The molecule has 0 aliphatic carbocycles. The SMILES string of the molecule is CCN(CC)CC.CCc1ccc(C(=O)c2sc(Nc3ccccc3F)c(C(=O)Nc3ccccc3Cl)c2N)cc1. The molecule has 3 aromatic carbocycles. The standard InChI is InChI=1S/C26H21ClFN3O2S.C6H15N/c1-2-15-11-13-16(14-12-15)23(32)24-22(29)21(25(33)30-19-9-5-3-7-17(19)27)26(34-24)31-20-10-6-4-8-18(20)28;1-4-7(5-2)6-3/h3-14,31H,2,29H2,1H3,(H,30,33);4-6H2,1-3H3. The third kappa shape index (κ3) is 8.16. The number of hydrogen-bond acceptors (Lipinski definition) is 6. The van der Waals surface area contributed by atoms with Gasteiger partial charge in [0.25, 0.3) is 5.91 Å². The lowest BCUT2D eigenvalue weighted by molar-refractivity contribution is 0.102. The van der Waals surface area contributed by atoms with Gasteiger partial charge in [0.2, 0.25) is 5.78 Å². The smallest absolute Gasteiger partial charge is 0.260 e. The van der Waals surface area contributed by atoms with Gasteiger partial charge in [0.1, 0.15) is 15.7 Å². The number of thiophene rings is 1. The van der Waals surface area contributed by atoms with Gasteiger partial charge < -0.3 is 21.3 Å². The molecule has 1 aromatic heterocycles. The minimum Gasteiger partial charge on any atom is -0.397 e. The molecule has 216 valence electrons. The average molecular weight is 595 g/mol. The van der Waals surface area contributed by atoms with Crippen LogP contribution >= 0.6 is 22.9 Å². The van der Waals surface area contributed by atoms with Crippen LogP contribution in [0, 0.1) is 5.82 Å². The van der Waals surface area contributed by atoms with Gasteiger partial charge in [-0.1, -0.05) is 87.8 Å². The molecule has 4 rings (SSSR count). The Morgan fingerprint density at radius 1 is 0.878 bits per heavy atom. The molecule has 0 bridgehead atoms. The fraction of sp³-hybridized carbons (Fsp3) is 0.250. The van der Waals surface area contributed by atoms with E-state index in [4.69, 9.17) is 17.3 Å². The van der Waals surface area contributed by atoms with E-state index in [2.05, 4.69) is 36.3 Å². The first-order valence-corrected chi connectivity index (χ1v) is 14.8. The number of nitrogens with zero attached hydrogens (tertiary/aromatic N) is 1. The molecule has 1 amide bonds. The van der Waals surface area contributed by atoms with Crippen molar-refractivity contribution in [3.8, 4) is 0 Å². The fourth-order valence-corrected chi connectivity index (χ4v) is 5.33. The maximum absolute atomic E-state index is 14.3. The van der Waals surface area contributed by atoms with E-state index in [0.717, 1.165) is 23.3 Å². The number of benzene rings is 3. The van der Waals surface area contributed by atoms with Gasteiger partial charge in [0.05, 0.1) is 27.6 Å². The van der Waals surface area contributed by atoms with Crippen LogP contribution in [0.3, 0.4) is 0 Å². The predicted octanol–water partition coefficient (Wildman–Crippen LogP) is 8.26. The summed E-state index contributed by atoms with van der Waals surface area (Å²) in [6.07, 6.45) is 0.846. The molecule has 4 aromatic rings. The molecule has 9 heteroatoms. The molecule has 0 saturated heterocycles. The number of anilines is 4. The van der Waals surface area contributed by atoms with Crippen LogP contribution in [-0.4, -0.2) is 36.2 Å². The minimum atomic E-state index is -0.568. The zero-order valence-corrected chi connectivity index (χ0v) is 25.3. The molecule has 0 atom stereocenters. The van der Waals surface area contributed by atoms with Gasteiger partial charge in [-0.2, -0.15) is 0 Å². The number of aryl methyl sites for hydroxylation is 1. The lowest BCUT2D eigenvalue weighted by Gasteiger charge is -2.13. The average Bonchev–Trinajstić information content (AvgIpc) is 3.31. The van der Waals surface area contributed by atoms with Gasteiger partial charge >= 0.3 is 0 Å². The summed E-state index contributed by atoms with van der Waals surface area (Å²) in [6.45, 7) is 12.2. The highest BCUT2D eigenvalue weighted by Gasteiger charge is 2.27. The summed E-state index contributed by atoms with van der Waals surface area (Å²) in [4.78, 5) is 29.1. The molecule has 6 nitrogen and oxygen atoms in total. The van der Waals surface area contributed by atoms with Crippen LogP contribution in [-0.2, 0) is 6.42 Å². The van der Waals surface area contributed by atoms with Gasteiger partial charge in [-0.3, -0.25) is 9.59 Å². The molecule has 0 fully saturated rings. The molecule has 1 heterocycles. The first-order valence-electron chi connectivity index (χ1n) is 13.6. The Balaban J connectivity index is 0.000000587. The fourth-order valence-electron chi connectivity index (χ4n) is 4.05. The quantitative estimate of drug-likeness (QED) is 0.161. The Hall–Kier alpha value is -3.72. The Morgan fingerprint density at radius 3 is 2.00 bits per heavy atom. The van der Waals surface area contributed by atoms with E-state index in [1.54, 1.807) is 48.5 Å². The van der Waals surface area contributed by atoms with Gasteiger partial charge in [-0.25, -0.2) is 4.39 Å². The topological polar surface area (TPSA) is 87.5 Å². The van der Waals surface area contributed by atoms with Gasteiger partial charge in [0.15, 0.2) is 0 Å². The molecule has 41 heavy (non-hydrogen) atoms. The summed E-state index contributed by atoms with van der Waals surface area (Å²) >= 11 is 7.18. The van der Waals surface area contributed by atoms with E-state index in [1.165, 1.54) is 31.8 Å². The molecule has 0 spiro atoms. The number of nitrogens with two attached hydrogens (primary N) is 1. The van der Waals surface area contributed by atoms with Crippen molar-refractivity contribution >= 4 is 56.7 Å². The monoisotopic (exact) mass is 594 g/mol. The number of para-hydroxylation sites is 2. The number of nitrogens with one attached hydrogen (secondary N) is 2. The van der Waals surface area contributed by atoms with E-state index < -0.39 is 11.7 Å². The Labute approximate surface area is 250 Å². The first kappa shape index (κ1) is 31.8. The largest absolute Gasteiger partial charge is 0.397 e. The lowest BCUT2D eigenvalue weighted by Crippen LogP contribution is -2.21. The molecule has 0 saturated carbocycles. The Kier molecular flexibility index (Phi) is 11.9. The maximum Gasteiger partial charge on any atom is 0.260 e. The predicted molar refractivity (Wildman–Crippen MR) is 171 cm³/mol. The number of carbonyl (C=O) groups is 2. The number of nitrogen functional groups attached to an aromatic ring is 1. The highest BCUT2D eigenvalue weighted by atomic mass is 35.5. The van der Waals surface area contributed by atoms with Crippen molar-refractivity contribution in [2.75, 3.05) is 36.0 Å². The van der Waals surface area contributed by atoms with Crippen LogP contribution in [0.1, 0.15) is 58.9 Å². The van der Waals surface area contributed by atoms with E-state index in [1.807, 2.05) is 19.1 Å². The second-order valence-electron chi connectivity index (χ2n) is 9.09. The summed E-state index contributed by atoms with van der Waals surface area (Å²) in [7, 11) is 0. The maximum atomic E-state index is 14.3.